The molecule has 7 heteroatoms. The summed E-state index contributed by atoms with van der Waals surface area (Å²) in [5, 5.41) is 0. The molecule has 1 amide bonds. The Bertz CT molecular complexity index is 1070. The first-order valence-corrected chi connectivity index (χ1v) is 12.7. The fourth-order valence-corrected chi connectivity index (χ4v) is 5.16. The summed E-state index contributed by atoms with van der Waals surface area (Å²) < 4.78 is 2.07. The van der Waals surface area contributed by atoms with E-state index in [4.69, 9.17) is 5.73 Å². The number of nitrogens with zero attached hydrogens (tertiary/aromatic N) is 5. The second-order valence-electron chi connectivity index (χ2n) is 9.50. The van der Waals surface area contributed by atoms with E-state index < -0.39 is 0 Å². The highest BCUT2D eigenvalue weighted by Gasteiger charge is 2.26. The first kappa shape index (κ1) is 24.9. The van der Waals surface area contributed by atoms with E-state index in [0.717, 1.165) is 76.0 Å². The monoisotopic (exact) mass is 476 g/mol. The summed E-state index contributed by atoms with van der Waals surface area (Å²) in [7, 11) is 2.02. The molecule has 0 aliphatic carbocycles. The van der Waals surface area contributed by atoms with Gasteiger partial charge in [0.1, 0.15) is 5.69 Å². The molecule has 4 rings (SSSR count). The Hall–Kier alpha value is -3.19. The topological polar surface area (TPSA) is 61.0 Å². The van der Waals surface area contributed by atoms with Gasteiger partial charge in [0.2, 0.25) is 0 Å². The molecule has 0 radical (unpaired) electrons. The predicted octanol–water partition coefficient (Wildman–Crippen LogP) is 3.18. The highest BCUT2D eigenvalue weighted by Crippen LogP contribution is 2.22. The molecule has 2 aliphatic heterocycles. The highest BCUT2D eigenvalue weighted by atomic mass is 16.2. The van der Waals surface area contributed by atoms with Gasteiger partial charge in [0, 0.05) is 77.3 Å². The number of carbonyl (C=O) groups is 1. The molecule has 3 heterocycles. The van der Waals surface area contributed by atoms with E-state index in [1.807, 2.05) is 37.9 Å². The van der Waals surface area contributed by atoms with Gasteiger partial charge in [-0.05, 0) is 44.5 Å². The molecule has 188 valence electrons. The van der Waals surface area contributed by atoms with Crippen LogP contribution in [0, 0.1) is 6.92 Å². The van der Waals surface area contributed by atoms with Crippen molar-refractivity contribution in [1.29, 1.82) is 0 Å². The Balaban J connectivity index is 1.36. The normalized spacial score (nSPS) is 18.3. The standard InChI is InChI=1S/C28H40N6O/c1-5-25(29)26(6-2)33-14-12-31(13-15-33)21-23-20-27(30(4)22(23)3)28(35)34-18-16-32(17-19-34)24-10-8-7-9-11-24/h5-11,20H,12-19,21,29H2,1-4H3/b25-5+,26-6+. The highest BCUT2D eigenvalue weighted by molar-refractivity contribution is 5.93. The van der Waals surface area contributed by atoms with Gasteiger partial charge in [-0.15, -0.1) is 0 Å². The van der Waals surface area contributed by atoms with Crippen LogP contribution in [-0.2, 0) is 13.6 Å². The van der Waals surface area contributed by atoms with Gasteiger partial charge in [0.05, 0.1) is 11.4 Å². The van der Waals surface area contributed by atoms with Crippen molar-refractivity contribution in [2.45, 2.75) is 27.3 Å². The third kappa shape index (κ3) is 5.40. The van der Waals surface area contributed by atoms with Crippen LogP contribution in [0.25, 0.3) is 0 Å². The summed E-state index contributed by atoms with van der Waals surface area (Å²) >= 11 is 0. The molecule has 1 aromatic heterocycles. The third-order valence-electron chi connectivity index (χ3n) is 7.53. The molecule has 2 aliphatic rings. The number of aromatic nitrogens is 1. The first-order chi connectivity index (χ1) is 16.9. The third-order valence-corrected chi connectivity index (χ3v) is 7.53. The lowest BCUT2D eigenvalue weighted by atomic mass is 10.1. The zero-order chi connectivity index (χ0) is 24.9. The molecule has 0 bridgehead atoms. The predicted molar refractivity (Wildman–Crippen MR) is 143 cm³/mol. The lowest BCUT2D eigenvalue weighted by Gasteiger charge is -2.37. The second kappa shape index (κ2) is 11.0. The molecule has 7 nitrogen and oxygen atoms in total. The van der Waals surface area contributed by atoms with Crippen LogP contribution in [0.15, 0.2) is 59.9 Å². The summed E-state index contributed by atoms with van der Waals surface area (Å²) in [5.41, 5.74) is 12.6. The molecule has 0 spiro atoms. The van der Waals surface area contributed by atoms with Crippen LogP contribution in [0.1, 0.15) is 35.6 Å². The molecule has 1 aromatic carbocycles. The molecule has 35 heavy (non-hydrogen) atoms. The summed E-state index contributed by atoms with van der Waals surface area (Å²) in [4.78, 5) is 22.6. The maximum absolute atomic E-state index is 13.4. The minimum Gasteiger partial charge on any atom is -0.397 e. The zero-order valence-electron chi connectivity index (χ0n) is 21.7. The van der Waals surface area contributed by atoms with Crippen molar-refractivity contribution in [2.24, 2.45) is 12.8 Å². The van der Waals surface area contributed by atoms with Crippen LogP contribution >= 0.6 is 0 Å². The Morgan fingerprint density at radius 2 is 1.54 bits per heavy atom. The number of hydrogen-bond donors (Lipinski definition) is 1. The average molecular weight is 477 g/mol. The van der Waals surface area contributed by atoms with E-state index in [2.05, 4.69) is 62.6 Å². The van der Waals surface area contributed by atoms with E-state index in [-0.39, 0.29) is 5.91 Å². The molecular weight excluding hydrogens is 436 g/mol. The van der Waals surface area contributed by atoms with E-state index in [1.165, 1.54) is 16.9 Å². The summed E-state index contributed by atoms with van der Waals surface area (Å²) in [5.74, 6) is 0.138. The van der Waals surface area contributed by atoms with Crippen LogP contribution in [0.2, 0.25) is 0 Å². The van der Waals surface area contributed by atoms with Gasteiger partial charge in [-0.2, -0.15) is 0 Å². The summed E-state index contributed by atoms with van der Waals surface area (Å²) in [6.45, 7) is 14.1. The maximum Gasteiger partial charge on any atom is 0.270 e. The van der Waals surface area contributed by atoms with Crippen molar-refractivity contribution in [1.82, 2.24) is 19.3 Å². The van der Waals surface area contributed by atoms with E-state index in [0.29, 0.717) is 0 Å². The molecule has 0 unspecified atom stereocenters. The van der Waals surface area contributed by atoms with Crippen LogP contribution in [-0.4, -0.2) is 77.5 Å². The molecule has 2 fully saturated rings. The first-order valence-electron chi connectivity index (χ1n) is 12.7. The van der Waals surface area contributed by atoms with Crippen molar-refractivity contribution in [3.63, 3.8) is 0 Å². The van der Waals surface area contributed by atoms with Crippen molar-refractivity contribution >= 4 is 11.6 Å². The second-order valence-corrected chi connectivity index (χ2v) is 9.50. The fraction of sp³-hybridized carbons (Fsp3) is 0.464. The van der Waals surface area contributed by atoms with E-state index in [1.54, 1.807) is 0 Å². The van der Waals surface area contributed by atoms with Gasteiger partial charge in [0.15, 0.2) is 0 Å². The van der Waals surface area contributed by atoms with Gasteiger partial charge in [-0.3, -0.25) is 9.69 Å². The van der Waals surface area contributed by atoms with Crippen LogP contribution in [0.4, 0.5) is 5.69 Å². The van der Waals surface area contributed by atoms with Crippen LogP contribution < -0.4 is 10.6 Å². The number of carbonyl (C=O) groups excluding carboxylic acids is 1. The lowest BCUT2D eigenvalue weighted by Crippen LogP contribution is -2.49. The molecule has 0 saturated carbocycles. The summed E-state index contributed by atoms with van der Waals surface area (Å²) in [6.07, 6.45) is 4.07. The number of piperazine rings is 2. The number of anilines is 1. The number of amides is 1. The minimum absolute atomic E-state index is 0.138. The largest absolute Gasteiger partial charge is 0.397 e. The van der Waals surface area contributed by atoms with Crippen molar-refractivity contribution in [2.75, 3.05) is 57.3 Å². The number of nitrogens with two attached hydrogens (primary N) is 1. The smallest absolute Gasteiger partial charge is 0.270 e. The number of hydrogen-bond acceptors (Lipinski definition) is 5. The zero-order valence-corrected chi connectivity index (χ0v) is 21.7. The van der Waals surface area contributed by atoms with Gasteiger partial charge in [0.25, 0.3) is 5.91 Å². The Morgan fingerprint density at radius 1 is 0.914 bits per heavy atom. The van der Waals surface area contributed by atoms with Gasteiger partial charge in [-0.1, -0.05) is 30.4 Å². The molecule has 2 N–H and O–H groups in total. The molecule has 2 saturated heterocycles. The SMILES string of the molecule is C/C=C(N)\C(=C/C)N1CCN(Cc2cc(C(=O)N3CCN(c4ccccc4)CC3)n(C)c2C)CC1. The molecule has 2 aromatic rings. The van der Waals surface area contributed by atoms with Crippen molar-refractivity contribution in [3.05, 3.63) is 76.9 Å². The van der Waals surface area contributed by atoms with Gasteiger partial charge in [-0.25, -0.2) is 0 Å². The van der Waals surface area contributed by atoms with Gasteiger partial charge >= 0.3 is 0 Å². The number of allylic oxidation sites excluding steroid dienone is 2. The van der Waals surface area contributed by atoms with Crippen LogP contribution in [0.3, 0.4) is 0 Å². The molecule has 0 atom stereocenters. The number of benzene rings is 1. The van der Waals surface area contributed by atoms with E-state index in [9.17, 15) is 4.79 Å². The Kier molecular flexibility index (Phi) is 7.86. The van der Waals surface area contributed by atoms with Crippen LogP contribution in [0.5, 0.6) is 0 Å². The lowest BCUT2D eigenvalue weighted by molar-refractivity contribution is 0.0737. The fourth-order valence-electron chi connectivity index (χ4n) is 5.16. The van der Waals surface area contributed by atoms with Crippen molar-refractivity contribution in [3.8, 4) is 0 Å². The number of rotatable bonds is 6. The average Bonchev–Trinajstić information content (AvgIpc) is 3.18. The molecular formula is C28H40N6O. The number of para-hydroxylation sites is 1. The Labute approximate surface area is 210 Å². The summed E-state index contributed by atoms with van der Waals surface area (Å²) in [6, 6.07) is 12.6. The quantitative estimate of drug-likeness (QED) is 0.649. The maximum atomic E-state index is 13.4. The van der Waals surface area contributed by atoms with Crippen molar-refractivity contribution < 1.29 is 4.79 Å². The van der Waals surface area contributed by atoms with E-state index >= 15 is 0 Å². The van der Waals surface area contributed by atoms with Gasteiger partial charge < -0.3 is 25.0 Å². The Morgan fingerprint density at radius 3 is 2.14 bits per heavy atom. The minimum atomic E-state index is 0.138.